The quantitative estimate of drug-likeness (QED) is 0.0695. The van der Waals surface area contributed by atoms with E-state index in [1.54, 1.807) is 0 Å². The molecule has 0 N–H and O–H groups in total. The van der Waals surface area contributed by atoms with Gasteiger partial charge >= 0.3 is 0 Å². The Kier molecular flexibility index (Phi) is 23.4. The summed E-state index contributed by atoms with van der Waals surface area (Å²) in [7, 11) is 17.3. The van der Waals surface area contributed by atoms with Crippen molar-refractivity contribution in [3.05, 3.63) is 0 Å². The second-order valence-electron chi connectivity index (χ2n) is 5.68. The van der Waals surface area contributed by atoms with Gasteiger partial charge in [-0.05, 0) is 82.0 Å². The van der Waals surface area contributed by atoms with E-state index in [1.165, 1.54) is 33.7 Å². The fraction of sp³-hybridized carbons (Fsp3) is 0.875. The third kappa shape index (κ3) is 18.6. The molecule has 0 bridgehead atoms. The molecule has 0 aliphatic heterocycles. The van der Waals surface area contributed by atoms with Gasteiger partial charge in [0.15, 0.2) is 0 Å². The average molecular weight is 535 g/mol. The predicted octanol–water partition coefficient (Wildman–Crippen LogP) is 5.32. The summed E-state index contributed by atoms with van der Waals surface area (Å²) in [5, 5.41) is 0. The highest BCUT2D eigenvalue weighted by atomic mass is 33.7. The van der Waals surface area contributed by atoms with Crippen molar-refractivity contribution in [2.24, 2.45) is 0 Å². The second kappa shape index (κ2) is 22.0. The van der Waals surface area contributed by atoms with Crippen LogP contribution >= 0.6 is 64.8 Å². The lowest BCUT2D eigenvalue weighted by Gasteiger charge is -2.04. The van der Waals surface area contributed by atoms with E-state index >= 15 is 0 Å². The Balaban J connectivity index is 4.01. The maximum absolute atomic E-state index is 5.43. The fourth-order valence-electron chi connectivity index (χ4n) is 1.50. The van der Waals surface area contributed by atoms with Gasteiger partial charge in [0.2, 0.25) is 19.5 Å². The van der Waals surface area contributed by atoms with Gasteiger partial charge in [-0.1, -0.05) is 0 Å². The second-order valence-corrected chi connectivity index (χ2v) is 16.2. The van der Waals surface area contributed by atoms with E-state index in [0.717, 1.165) is 24.7 Å². The van der Waals surface area contributed by atoms with Gasteiger partial charge in [-0.15, -0.1) is 0 Å². The molecule has 4 radical (unpaired) electrons. The van der Waals surface area contributed by atoms with Crippen molar-refractivity contribution in [2.75, 3.05) is 52.9 Å². The van der Waals surface area contributed by atoms with Crippen molar-refractivity contribution in [1.29, 1.82) is 0 Å². The van der Waals surface area contributed by atoms with Crippen LogP contribution in [0.5, 0.6) is 0 Å². The third-order valence-electron chi connectivity index (χ3n) is 2.76. The van der Waals surface area contributed by atoms with Crippen molar-refractivity contribution in [3.8, 4) is 0 Å². The third-order valence-corrected chi connectivity index (χ3v) is 14.9. The molecule has 0 aromatic rings. The minimum Gasteiger partial charge on any atom is -0.418 e. The molecule has 0 rings (SSSR count). The lowest BCUT2D eigenvalue weighted by atomic mass is 10.6. The van der Waals surface area contributed by atoms with Gasteiger partial charge in [0, 0.05) is 46.3 Å². The molecule has 28 heavy (non-hydrogen) atoms. The molecule has 0 saturated heterocycles. The summed E-state index contributed by atoms with van der Waals surface area (Å²) < 4.78 is 18.1. The molecular weight excluding hydrogens is 501 g/mol. The molecule has 0 aromatic carbocycles. The van der Waals surface area contributed by atoms with Crippen LogP contribution in [-0.4, -0.2) is 90.3 Å². The summed E-state index contributed by atoms with van der Waals surface area (Å²) in [6, 6.07) is 2.35. The van der Waals surface area contributed by atoms with Crippen molar-refractivity contribution in [3.63, 3.8) is 0 Å². The van der Waals surface area contributed by atoms with Crippen LogP contribution in [0.25, 0.3) is 0 Å². The lowest BCUT2D eigenvalue weighted by molar-refractivity contribution is -0.458. The van der Waals surface area contributed by atoms with Crippen molar-refractivity contribution in [2.45, 2.75) is 38.8 Å². The highest BCUT2D eigenvalue weighted by Crippen LogP contribution is 2.47. The molecule has 0 aliphatic carbocycles. The Labute approximate surface area is 201 Å². The Morgan fingerprint density at radius 2 is 1.11 bits per heavy atom. The Morgan fingerprint density at radius 3 is 1.43 bits per heavy atom. The number of thioether (sulfide) groups is 2. The van der Waals surface area contributed by atoms with Crippen molar-refractivity contribution in [1.82, 2.24) is 0 Å². The highest BCUT2D eigenvalue weighted by molar-refractivity contribution is 9.30. The molecule has 0 unspecified atom stereocenters. The number of hydrogen-bond donors (Lipinski definition) is 0. The van der Waals surface area contributed by atoms with E-state index in [2.05, 4.69) is 51.2 Å². The fourth-order valence-corrected chi connectivity index (χ4v) is 13.0. The van der Waals surface area contributed by atoms with Crippen LogP contribution in [-0.2, 0) is 8.85 Å². The lowest BCUT2D eigenvalue weighted by Crippen LogP contribution is -2.06. The topological polar surface area (TPSA) is 24.5 Å². The molecule has 0 aromatic heterocycles. The minimum absolute atomic E-state index is 0.653. The van der Waals surface area contributed by atoms with Crippen LogP contribution in [0.4, 0.5) is 0 Å². The first-order valence-corrected chi connectivity index (χ1v) is 18.3. The highest BCUT2D eigenvalue weighted by Gasteiger charge is 2.15. The molecule has 4 nitrogen and oxygen atoms in total. The monoisotopic (exact) mass is 534 g/mol. The van der Waals surface area contributed by atoms with Gasteiger partial charge in [0.1, 0.15) is 28.2 Å². The molecule has 0 heterocycles. The van der Waals surface area contributed by atoms with E-state index in [9.17, 15) is 0 Å². The SMILES string of the molecule is CCO[Si]CCCSC(SSSSC(SCCC[Si]OCC)=[N+](C)C)=[N+](C)C. The molecule has 12 heteroatoms. The zero-order valence-electron chi connectivity index (χ0n) is 17.8. The summed E-state index contributed by atoms with van der Waals surface area (Å²) in [4.78, 5) is 0. The van der Waals surface area contributed by atoms with E-state index in [-0.39, 0.29) is 0 Å². The molecule has 0 spiro atoms. The summed E-state index contributed by atoms with van der Waals surface area (Å²) in [5.41, 5.74) is 0. The average Bonchev–Trinajstić information content (AvgIpc) is 2.66. The van der Waals surface area contributed by atoms with Gasteiger partial charge < -0.3 is 8.85 Å². The van der Waals surface area contributed by atoms with E-state index in [1.807, 2.05) is 64.8 Å². The van der Waals surface area contributed by atoms with Crippen LogP contribution in [0.2, 0.25) is 12.1 Å². The standard InChI is InChI=1S/C16H34N2O2S6Si2/c1-7-19-27-13-9-11-21-15(17(3)4)23-25-26-24-16(18(5)6)22-12-10-14-28-20-8-2/h7-14H2,1-6H3/q+2. The molecular formula is C16H34N2O2S6Si2+2. The molecule has 0 aliphatic rings. The first kappa shape index (κ1) is 29.8. The summed E-state index contributed by atoms with van der Waals surface area (Å²) in [6.45, 7) is 5.79. The number of rotatable bonds is 15. The maximum atomic E-state index is 5.43. The van der Waals surface area contributed by atoms with Gasteiger partial charge in [0.25, 0.3) is 8.75 Å². The molecule has 0 saturated carbocycles. The van der Waals surface area contributed by atoms with Crippen LogP contribution in [0, 0.1) is 0 Å². The predicted molar refractivity (Wildman–Crippen MR) is 143 cm³/mol. The zero-order chi connectivity index (χ0) is 21.0. The van der Waals surface area contributed by atoms with Gasteiger partial charge in [-0.3, -0.25) is 0 Å². The van der Waals surface area contributed by atoms with E-state index in [4.69, 9.17) is 8.85 Å². The normalized spacial score (nSPS) is 10.9. The first-order valence-electron chi connectivity index (χ1n) is 9.24. The smallest absolute Gasteiger partial charge is 0.281 e. The molecule has 0 amide bonds. The number of nitrogens with zero attached hydrogens (tertiary/aromatic N) is 2. The van der Waals surface area contributed by atoms with Crippen molar-refractivity contribution >= 4 is 93.0 Å². The van der Waals surface area contributed by atoms with Crippen LogP contribution in [0.15, 0.2) is 0 Å². The summed E-state index contributed by atoms with van der Waals surface area (Å²) in [6.07, 6.45) is 2.43. The summed E-state index contributed by atoms with van der Waals surface area (Å²) >= 11 is 3.91. The van der Waals surface area contributed by atoms with Crippen LogP contribution < -0.4 is 0 Å². The zero-order valence-corrected chi connectivity index (χ0v) is 24.7. The Bertz CT molecular complexity index is 411. The van der Waals surface area contributed by atoms with Gasteiger partial charge in [-0.2, -0.15) is 0 Å². The van der Waals surface area contributed by atoms with Crippen LogP contribution in [0.3, 0.4) is 0 Å². The largest absolute Gasteiger partial charge is 0.418 e. The molecule has 0 fully saturated rings. The molecule has 162 valence electrons. The van der Waals surface area contributed by atoms with Gasteiger partial charge in [-0.25, -0.2) is 9.15 Å². The van der Waals surface area contributed by atoms with Gasteiger partial charge in [0.05, 0.1) is 0 Å². The number of hydrogen-bond acceptors (Lipinski definition) is 8. The maximum Gasteiger partial charge on any atom is 0.281 e. The van der Waals surface area contributed by atoms with Crippen molar-refractivity contribution < 1.29 is 18.0 Å². The molecule has 0 atom stereocenters. The minimum atomic E-state index is 0.653. The first-order chi connectivity index (χ1) is 13.5. The van der Waals surface area contributed by atoms with E-state index < -0.39 is 0 Å². The Morgan fingerprint density at radius 1 is 0.714 bits per heavy atom. The van der Waals surface area contributed by atoms with Crippen LogP contribution in [0.1, 0.15) is 26.7 Å². The summed E-state index contributed by atoms with van der Waals surface area (Å²) in [5.74, 6) is 2.32. The Hall–Kier alpha value is 1.79. The van der Waals surface area contributed by atoms with E-state index in [0.29, 0.717) is 19.5 Å².